The van der Waals surface area contributed by atoms with Gasteiger partial charge in [-0.05, 0) is 18.2 Å². The minimum Gasteiger partial charge on any atom is -0.325 e. The smallest absolute Gasteiger partial charge is 0.0864 e. The molecule has 0 saturated heterocycles. The molecular weight excluding hydrogens is 279 g/mol. The van der Waals surface area contributed by atoms with Crippen molar-refractivity contribution in [1.29, 1.82) is 0 Å². The van der Waals surface area contributed by atoms with Crippen LogP contribution in [0.1, 0.15) is 5.69 Å². The predicted octanol–water partition coefficient (Wildman–Crippen LogP) is 2.14. The van der Waals surface area contributed by atoms with Gasteiger partial charge in [-0.3, -0.25) is 0 Å². The molecule has 2 N–H and O–H groups in total. The first-order chi connectivity index (χ1) is 7.22. The summed E-state index contributed by atoms with van der Waals surface area (Å²) >= 11 is 9.44. The number of nitrogens with two attached hydrogens (primary N) is 1. The van der Waals surface area contributed by atoms with E-state index in [4.69, 9.17) is 17.3 Å². The molecule has 2 aromatic rings. The van der Waals surface area contributed by atoms with Crippen LogP contribution in [0.5, 0.6) is 0 Å². The van der Waals surface area contributed by atoms with Crippen LogP contribution in [0, 0.1) is 0 Å². The molecular formula is C9H8BrClN4. The fraction of sp³-hybridized carbons (Fsp3) is 0.111. The van der Waals surface area contributed by atoms with E-state index in [0.717, 1.165) is 15.9 Å². The van der Waals surface area contributed by atoms with Gasteiger partial charge in [0, 0.05) is 11.0 Å². The Bertz CT molecular complexity index is 483. The van der Waals surface area contributed by atoms with Gasteiger partial charge in [0.2, 0.25) is 0 Å². The second-order valence-electron chi connectivity index (χ2n) is 2.94. The van der Waals surface area contributed by atoms with Crippen LogP contribution >= 0.6 is 27.5 Å². The molecule has 1 aromatic carbocycles. The number of hydrogen-bond acceptors (Lipinski definition) is 3. The van der Waals surface area contributed by atoms with Crippen LogP contribution < -0.4 is 5.73 Å². The Morgan fingerprint density at radius 3 is 3.00 bits per heavy atom. The molecule has 0 aliphatic heterocycles. The van der Waals surface area contributed by atoms with Crippen LogP contribution in [0.4, 0.5) is 0 Å². The standard InChI is InChI=1S/C9H8BrClN4/c10-6-1-2-8(11)9(3-6)15-7(4-12)5-13-14-15/h1-3,5H,4,12H2. The fourth-order valence-corrected chi connectivity index (χ4v) is 1.79. The van der Waals surface area contributed by atoms with Crippen molar-refractivity contribution in [2.24, 2.45) is 5.73 Å². The lowest BCUT2D eigenvalue weighted by Crippen LogP contribution is -2.07. The maximum Gasteiger partial charge on any atom is 0.0864 e. The zero-order valence-corrected chi connectivity index (χ0v) is 10.0. The Kier molecular flexibility index (Phi) is 3.04. The van der Waals surface area contributed by atoms with Gasteiger partial charge >= 0.3 is 0 Å². The van der Waals surface area contributed by atoms with Crippen molar-refractivity contribution in [2.45, 2.75) is 6.54 Å². The van der Waals surface area contributed by atoms with E-state index in [1.54, 1.807) is 16.9 Å². The zero-order valence-electron chi connectivity index (χ0n) is 7.69. The monoisotopic (exact) mass is 286 g/mol. The Labute approximate surface area is 100 Å². The molecule has 2 rings (SSSR count). The molecule has 6 heteroatoms. The van der Waals surface area contributed by atoms with Gasteiger partial charge in [0.25, 0.3) is 0 Å². The van der Waals surface area contributed by atoms with Gasteiger partial charge in [-0.25, -0.2) is 4.68 Å². The largest absolute Gasteiger partial charge is 0.325 e. The van der Waals surface area contributed by atoms with E-state index in [-0.39, 0.29) is 0 Å². The highest BCUT2D eigenvalue weighted by molar-refractivity contribution is 9.10. The lowest BCUT2D eigenvalue weighted by molar-refractivity contribution is 0.761. The number of hydrogen-bond donors (Lipinski definition) is 1. The second kappa shape index (κ2) is 4.30. The summed E-state index contributed by atoms with van der Waals surface area (Å²) in [6.45, 7) is 0.371. The van der Waals surface area contributed by atoms with E-state index in [2.05, 4.69) is 26.2 Å². The molecule has 78 valence electrons. The van der Waals surface area contributed by atoms with E-state index < -0.39 is 0 Å². The molecule has 0 aliphatic carbocycles. The summed E-state index contributed by atoms with van der Waals surface area (Å²) in [5.41, 5.74) is 7.15. The Balaban J connectivity index is 2.58. The molecule has 15 heavy (non-hydrogen) atoms. The Hall–Kier alpha value is -0.910. The molecule has 0 bridgehead atoms. The Morgan fingerprint density at radius 1 is 1.47 bits per heavy atom. The maximum absolute atomic E-state index is 6.07. The predicted molar refractivity (Wildman–Crippen MR) is 62.0 cm³/mol. The van der Waals surface area contributed by atoms with Gasteiger partial charge in [-0.2, -0.15) is 0 Å². The summed E-state index contributed by atoms with van der Waals surface area (Å²) in [6.07, 6.45) is 1.62. The molecule has 0 spiro atoms. The molecule has 0 unspecified atom stereocenters. The molecule has 0 saturated carbocycles. The topological polar surface area (TPSA) is 56.7 Å². The van der Waals surface area contributed by atoms with Crippen LogP contribution in [0.15, 0.2) is 28.9 Å². The van der Waals surface area contributed by atoms with Crippen molar-refractivity contribution in [3.05, 3.63) is 39.6 Å². The molecule has 0 fully saturated rings. The number of halogens is 2. The summed E-state index contributed by atoms with van der Waals surface area (Å²) in [7, 11) is 0. The highest BCUT2D eigenvalue weighted by atomic mass is 79.9. The molecule has 0 aliphatic rings. The van der Waals surface area contributed by atoms with Gasteiger partial charge in [0.15, 0.2) is 0 Å². The third kappa shape index (κ3) is 2.04. The second-order valence-corrected chi connectivity index (χ2v) is 4.26. The summed E-state index contributed by atoms with van der Waals surface area (Å²) < 4.78 is 2.56. The quantitative estimate of drug-likeness (QED) is 0.920. The average Bonchev–Trinajstić information content (AvgIpc) is 2.69. The first-order valence-electron chi connectivity index (χ1n) is 4.27. The van der Waals surface area contributed by atoms with Crippen molar-refractivity contribution in [3.8, 4) is 5.69 Å². The van der Waals surface area contributed by atoms with Crippen molar-refractivity contribution in [3.63, 3.8) is 0 Å². The first kappa shape index (κ1) is 10.6. The summed E-state index contributed by atoms with van der Waals surface area (Å²) in [5.74, 6) is 0. The van der Waals surface area contributed by atoms with E-state index in [9.17, 15) is 0 Å². The van der Waals surface area contributed by atoms with E-state index >= 15 is 0 Å². The molecule has 1 aromatic heterocycles. The number of nitrogens with zero attached hydrogens (tertiary/aromatic N) is 3. The first-order valence-corrected chi connectivity index (χ1v) is 5.44. The van der Waals surface area contributed by atoms with Crippen LogP contribution in [0.25, 0.3) is 5.69 Å². The zero-order chi connectivity index (χ0) is 10.8. The highest BCUT2D eigenvalue weighted by Crippen LogP contribution is 2.24. The van der Waals surface area contributed by atoms with Gasteiger partial charge < -0.3 is 5.73 Å². The Morgan fingerprint density at radius 2 is 2.27 bits per heavy atom. The van der Waals surface area contributed by atoms with E-state index in [0.29, 0.717) is 11.6 Å². The summed E-state index contributed by atoms with van der Waals surface area (Å²) in [4.78, 5) is 0. The lowest BCUT2D eigenvalue weighted by Gasteiger charge is -2.06. The van der Waals surface area contributed by atoms with Crippen molar-refractivity contribution in [2.75, 3.05) is 0 Å². The fourth-order valence-electron chi connectivity index (χ4n) is 1.25. The summed E-state index contributed by atoms with van der Waals surface area (Å²) in [6, 6.07) is 5.53. The average molecular weight is 288 g/mol. The number of rotatable bonds is 2. The van der Waals surface area contributed by atoms with Crippen LogP contribution in [-0.4, -0.2) is 15.0 Å². The van der Waals surface area contributed by atoms with E-state index in [1.165, 1.54) is 0 Å². The number of aromatic nitrogens is 3. The van der Waals surface area contributed by atoms with Crippen molar-refractivity contribution >= 4 is 27.5 Å². The van der Waals surface area contributed by atoms with E-state index in [1.807, 2.05) is 12.1 Å². The lowest BCUT2D eigenvalue weighted by atomic mass is 10.3. The van der Waals surface area contributed by atoms with Crippen molar-refractivity contribution < 1.29 is 0 Å². The molecule has 1 heterocycles. The highest BCUT2D eigenvalue weighted by Gasteiger charge is 2.08. The van der Waals surface area contributed by atoms with Gasteiger partial charge in [-0.15, -0.1) is 5.10 Å². The van der Waals surface area contributed by atoms with Crippen LogP contribution in [0.3, 0.4) is 0 Å². The third-order valence-corrected chi connectivity index (χ3v) is 2.78. The van der Waals surface area contributed by atoms with Crippen molar-refractivity contribution in [1.82, 2.24) is 15.0 Å². The minimum atomic E-state index is 0.371. The number of benzene rings is 1. The molecule has 4 nitrogen and oxygen atoms in total. The molecule has 0 atom stereocenters. The van der Waals surface area contributed by atoms with Crippen LogP contribution in [-0.2, 0) is 6.54 Å². The normalized spacial score (nSPS) is 10.6. The molecule has 0 radical (unpaired) electrons. The van der Waals surface area contributed by atoms with Crippen LogP contribution in [0.2, 0.25) is 5.02 Å². The molecule has 0 amide bonds. The summed E-state index contributed by atoms with van der Waals surface area (Å²) in [5, 5.41) is 8.35. The van der Waals surface area contributed by atoms with Gasteiger partial charge in [0.1, 0.15) is 0 Å². The maximum atomic E-state index is 6.07. The third-order valence-electron chi connectivity index (χ3n) is 1.97. The van der Waals surface area contributed by atoms with Gasteiger partial charge in [-0.1, -0.05) is 32.7 Å². The van der Waals surface area contributed by atoms with Gasteiger partial charge in [0.05, 0.1) is 22.6 Å². The SMILES string of the molecule is NCc1cnnn1-c1cc(Br)ccc1Cl. The minimum absolute atomic E-state index is 0.371.